The lowest BCUT2D eigenvalue weighted by molar-refractivity contribution is -0.144. The summed E-state index contributed by atoms with van der Waals surface area (Å²) in [5.41, 5.74) is 0. The minimum atomic E-state index is -1.42. The van der Waals surface area contributed by atoms with Gasteiger partial charge in [-0.3, -0.25) is 38.4 Å². The Morgan fingerprint density at radius 2 is 0.889 bits per heavy atom. The standard InChI is InChI=1S/C27H47N5O12.C18H32N2O8/c1-3-22(35)30-12-13-43-14-15-44-17-25(38)32-20(27(41)42)8-10-24(37)31-19(26(39)40)7-9-23(36)29-11-5-4-6-18(28-2)21(34)16-33;1-27-12-13-28-11-10-19-15(21)9-8-14(18(25)26)20-16(22)6-4-2-3-5-7-17(23)24/h18-20,28,33H,3-17H2,1-2H3,(H,29,36)(H,30,35)(H,31,37)(H,32,38)(H,39,40)(H,41,42);14H,2-13H2,1H3,(H,19,21)(H,20,22)(H,23,24)(H,25,26)/t18-,19-,20-;14-/m00/s1. The molecule has 0 aliphatic carbocycles. The molecule has 12 N–H and O–H groups in total. The fraction of sp³-hybridized carbons (Fsp3) is 0.756. The highest BCUT2D eigenvalue weighted by Crippen LogP contribution is 2.08. The van der Waals surface area contributed by atoms with E-state index in [-0.39, 0.29) is 82.4 Å². The van der Waals surface area contributed by atoms with Crippen LogP contribution in [0.2, 0.25) is 0 Å². The number of ketones is 1. The molecule has 0 heterocycles. The number of hydrogen-bond acceptors (Lipinski definition) is 17. The Balaban J connectivity index is 0. The van der Waals surface area contributed by atoms with Crippen LogP contribution in [0, 0.1) is 0 Å². The molecule has 0 unspecified atom stereocenters. The minimum absolute atomic E-state index is 0.00392. The molecule has 0 radical (unpaired) electrons. The molecule has 0 aromatic carbocycles. The lowest BCUT2D eigenvalue weighted by Crippen LogP contribution is -2.45. The van der Waals surface area contributed by atoms with Crippen LogP contribution in [0.3, 0.4) is 0 Å². The zero-order valence-corrected chi connectivity index (χ0v) is 41.8. The maximum Gasteiger partial charge on any atom is 0.326 e. The topological polar surface area (TPSA) is 410 Å². The Kier molecular flexibility index (Phi) is 42.7. The van der Waals surface area contributed by atoms with Gasteiger partial charge in [0.1, 0.15) is 31.3 Å². The van der Waals surface area contributed by atoms with E-state index in [2.05, 4.69) is 37.2 Å². The Bertz CT molecular complexity index is 1640. The maximum absolute atomic E-state index is 12.3. The number of aliphatic hydroxyl groups excluding tert-OH is 1. The second-order valence-electron chi connectivity index (χ2n) is 15.9. The molecule has 27 nitrogen and oxygen atoms in total. The number of unbranched alkanes of at least 4 members (excludes halogenated alkanes) is 4. The van der Waals surface area contributed by atoms with Crippen molar-refractivity contribution in [2.75, 3.05) is 86.6 Å². The van der Waals surface area contributed by atoms with Crippen molar-refractivity contribution in [1.29, 1.82) is 0 Å². The third-order valence-corrected chi connectivity index (χ3v) is 10.1. The SMILES string of the molecule is CCC(=O)NCCOCCOCC(=O)N[C@@H](CCC(=O)N[C@@H](CCC(=O)NCCCC[C@H](NC)C(=O)CO)C(=O)O)C(=O)O.COCCOCCNC(=O)CC[C@H](NC(=O)CCCCCCC(=O)O)C(=O)O. The first-order chi connectivity index (χ1) is 34.3. The lowest BCUT2D eigenvalue weighted by atomic mass is 10.1. The fourth-order valence-corrected chi connectivity index (χ4v) is 6.02. The van der Waals surface area contributed by atoms with Gasteiger partial charge in [0.25, 0.3) is 0 Å². The number of methoxy groups -OCH3 is 1. The van der Waals surface area contributed by atoms with E-state index in [1.54, 1.807) is 21.1 Å². The quantitative estimate of drug-likeness (QED) is 0.0300. The maximum atomic E-state index is 12.3. The lowest BCUT2D eigenvalue weighted by Gasteiger charge is -2.17. The fourth-order valence-electron chi connectivity index (χ4n) is 6.02. The van der Waals surface area contributed by atoms with Crippen LogP contribution in [-0.4, -0.2) is 201 Å². The predicted molar refractivity (Wildman–Crippen MR) is 254 cm³/mol. The second kappa shape index (κ2) is 45.0. The van der Waals surface area contributed by atoms with Gasteiger partial charge in [0, 0.05) is 65.3 Å². The van der Waals surface area contributed by atoms with Gasteiger partial charge in [-0.05, 0) is 58.4 Å². The number of likely N-dealkylation sites (N-methyl/N-ethyl adjacent to an activating group) is 1. The second-order valence-corrected chi connectivity index (χ2v) is 15.9. The van der Waals surface area contributed by atoms with E-state index in [0.717, 1.165) is 0 Å². The minimum Gasteiger partial charge on any atom is -0.481 e. The molecule has 0 aromatic rings. The number of amides is 6. The van der Waals surface area contributed by atoms with Gasteiger partial charge in [0.05, 0.1) is 45.7 Å². The van der Waals surface area contributed by atoms with E-state index in [1.165, 1.54) is 0 Å². The van der Waals surface area contributed by atoms with E-state index in [4.69, 9.17) is 29.2 Å². The van der Waals surface area contributed by atoms with E-state index in [0.29, 0.717) is 90.8 Å². The number of rotatable bonds is 45. The molecule has 0 rings (SSSR count). The van der Waals surface area contributed by atoms with Gasteiger partial charge in [-0.15, -0.1) is 0 Å². The van der Waals surface area contributed by atoms with Crippen LogP contribution in [0.5, 0.6) is 0 Å². The van der Waals surface area contributed by atoms with Crippen LogP contribution in [0.4, 0.5) is 0 Å². The summed E-state index contributed by atoms with van der Waals surface area (Å²) in [6.45, 7) is 3.35. The molecule has 0 aromatic heterocycles. The molecule has 4 atom stereocenters. The van der Waals surface area contributed by atoms with E-state index < -0.39 is 91.3 Å². The molecular weight excluding hydrogens is 959 g/mol. The van der Waals surface area contributed by atoms with Crippen molar-refractivity contribution in [3.05, 3.63) is 0 Å². The van der Waals surface area contributed by atoms with Crippen LogP contribution < -0.4 is 37.2 Å². The molecule has 0 fully saturated rings. The first kappa shape index (κ1) is 68.2. The highest BCUT2D eigenvalue weighted by molar-refractivity contribution is 5.87. The number of Topliss-reactive ketones (excluding diaryl/α,β-unsaturated/α-hetero) is 1. The number of carboxylic acid groups (broad SMARTS) is 4. The van der Waals surface area contributed by atoms with Crippen LogP contribution >= 0.6 is 0 Å². The summed E-state index contributed by atoms with van der Waals surface area (Å²) in [5.74, 6) is -7.84. The molecule has 0 spiro atoms. The van der Waals surface area contributed by atoms with Crippen LogP contribution in [0.1, 0.15) is 110 Å². The predicted octanol–water partition coefficient (Wildman–Crippen LogP) is -1.78. The van der Waals surface area contributed by atoms with Crippen molar-refractivity contribution in [3.63, 3.8) is 0 Å². The number of carbonyl (C=O) groups is 11. The third-order valence-electron chi connectivity index (χ3n) is 10.1. The van der Waals surface area contributed by atoms with E-state index >= 15 is 0 Å². The van der Waals surface area contributed by atoms with Crippen molar-refractivity contribution in [3.8, 4) is 0 Å². The van der Waals surface area contributed by atoms with E-state index in [9.17, 15) is 68.1 Å². The largest absolute Gasteiger partial charge is 0.481 e. The number of hydrogen-bond donors (Lipinski definition) is 12. The Labute approximate surface area is 419 Å². The Morgan fingerprint density at radius 3 is 1.36 bits per heavy atom. The first-order valence-corrected chi connectivity index (χ1v) is 23.9. The van der Waals surface area contributed by atoms with Crippen molar-refractivity contribution in [1.82, 2.24) is 37.2 Å². The summed E-state index contributed by atoms with van der Waals surface area (Å²) in [5, 5.41) is 63.0. The first-order valence-electron chi connectivity index (χ1n) is 23.9. The summed E-state index contributed by atoms with van der Waals surface area (Å²) in [6.07, 6.45) is 3.68. The number of aliphatic carboxylic acids is 4. The summed E-state index contributed by atoms with van der Waals surface area (Å²) in [4.78, 5) is 127. The van der Waals surface area contributed by atoms with Gasteiger partial charge in [-0.25, -0.2) is 14.4 Å². The molecule has 0 aliphatic rings. The van der Waals surface area contributed by atoms with Gasteiger partial charge in [0.2, 0.25) is 35.4 Å². The molecular formula is C45H79N7O20. The molecule has 0 aliphatic heterocycles. The van der Waals surface area contributed by atoms with Gasteiger partial charge >= 0.3 is 23.9 Å². The summed E-state index contributed by atoms with van der Waals surface area (Å²) < 4.78 is 20.4. The third kappa shape index (κ3) is 40.8. The van der Waals surface area contributed by atoms with Crippen LogP contribution in [-0.2, 0) is 71.7 Å². The van der Waals surface area contributed by atoms with Crippen LogP contribution in [0.25, 0.3) is 0 Å². The molecule has 0 bridgehead atoms. The normalized spacial score (nSPS) is 12.3. The monoisotopic (exact) mass is 1040 g/mol. The molecule has 6 amide bonds. The highest BCUT2D eigenvalue weighted by atomic mass is 16.5. The number of ether oxygens (including phenoxy) is 4. The summed E-state index contributed by atoms with van der Waals surface area (Å²) in [6, 6.07) is -4.40. The average Bonchev–Trinajstić information content (AvgIpc) is 3.33. The molecule has 72 heavy (non-hydrogen) atoms. The zero-order valence-electron chi connectivity index (χ0n) is 41.8. The van der Waals surface area contributed by atoms with Gasteiger partial charge in [-0.1, -0.05) is 19.8 Å². The zero-order chi connectivity index (χ0) is 54.5. The Hall–Kier alpha value is -5.87. The molecule has 27 heteroatoms. The van der Waals surface area contributed by atoms with E-state index in [1.807, 2.05) is 0 Å². The van der Waals surface area contributed by atoms with Gasteiger partial charge in [-0.2, -0.15) is 0 Å². The summed E-state index contributed by atoms with van der Waals surface area (Å²) in [7, 11) is 3.17. The number of aliphatic hydroxyl groups is 1. The smallest absolute Gasteiger partial charge is 0.326 e. The average molecular weight is 1040 g/mol. The number of carboxylic acids is 4. The van der Waals surface area contributed by atoms with Crippen LogP contribution in [0.15, 0.2) is 0 Å². The van der Waals surface area contributed by atoms with Crippen molar-refractivity contribution in [2.45, 2.75) is 134 Å². The number of carbonyl (C=O) groups excluding carboxylic acids is 7. The number of nitrogens with one attached hydrogen (secondary N) is 7. The molecule has 0 saturated heterocycles. The Morgan fingerprint density at radius 1 is 0.444 bits per heavy atom. The van der Waals surface area contributed by atoms with Crippen molar-refractivity contribution in [2.24, 2.45) is 0 Å². The molecule has 414 valence electrons. The molecule has 0 saturated carbocycles. The van der Waals surface area contributed by atoms with Gasteiger partial charge in [0.15, 0.2) is 5.78 Å². The van der Waals surface area contributed by atoms with Gasteiger partial charge < -0.3 is 81.7 Å². The van der Waals surface area contributed by atoms with Crippen molar-refractivity contribution < 1.29 is 97.2 Å². The summed E-state index contributed by atoms with van der Waals surface area (Å²) >= 11 is 0. The highest BCUT2D eigenvalue weighted by Gasteiger charge is 2.25. The van der Waals surface area contributed by atoms with Crippen molar-refractivity contribution >= 4 is 65.1 Å².